The zero-order valence-corrected chi connectivity index (χ0v) is 10.9. The molecule has 0 aromatic heterocycles. The molecule has 0 amide bonds. The van der Waals surface area contributed by atoms with Gasteiger partial charge in [-0.15, -0.1) is 0 Å². The summed E-state index contributed by atoms with van der Waals surface area (Å²) in [5, 5.41) is 0. The lowest BCUT2D eigenvalue weighted by Crippen LogP contribution is -1.80. The first-order valence-corrected chi connectivity index (χ1v) is 9.58. The molecule has 0 saturated heterocycles. The summed E-state index contributed by atoms with van der Waals surface area (Å²) in [6.07, 6.45) is 4.24. The van der Waals surface area contributed by atoms with Gasteiger partial charge in [-0.3, -0.25) is 4.57 Å². The number of hydrogen-bond acceptors (Lipinski definition) is 3. The quantitative estimate of drug-likeness (QED) is 0.512. The minimum absolute atomic E-state index is 0.809. The lowest BCUT2D eigenvalue weighted by Gasteiger charge is -2.08. The number of hydrogen-bond donors (Lipinski definition) is 1. The Morgan fingerprint density at radius 3 is 1.77 bits per heavy atom. The minimum Gasteiger partial charge on any atom is -0.329 e. The molecule has 0 spiro atoms. The summed E-state index contributed by atoms with van der Waals surface area (Å²) in [5.41, 5.74) is 0. The van der Waals surface area contributed by atoms with Gasteiger partial charge in [-0.25, -0.2) is 0 Å². The molecule has 13 heavy (non-hydrogen) atoms. The van der Waals surface area contributed by atoms with Crippen molar-refractivity contribution in [3.63, 3.8) is 0 Å². The molecule has 1 N–H and O–H groups in total. The molecular formula is C8H19O2PS2. The van der Waals surface area contributed by atoms with Gasteiger partial charge in [-0.1, -0.05) is 49.5 Å². The smallest absolute Gasteiger partial charge is 0.310 e. The second kappa shape index (κ2) is 8.22. The maximum atomic E-state index is 11.4. The monoisotopic (exact) mass is 242 g/mol. The molecule has 0 bridgehead atoms. The highest BCUT2D eigenvalue weighted by atomic mass is 33.1. The molecule has 0 aromatic carbocycles. The largest absolute Gasteiger partial charge is 0.329 e. The Balaban J connectivity index is 3.49. The summed E-state index contributed by atoms with van der Waals surface area (Å²) in [6, 6.07) is 0. The fourth-order valence-corrected chi connectivity index (χ4v) is 6.45. The average molecular weight is 242 g/mol. The van der Waals surface area contributed by atoms with E-state index in [-0.39, 0.29) is 0 Å². The molecule has 2 nitrogen and oxygen atoms in total. The van der Waals surface area contributed by atoms with Crippen molar-refractivity contribution in [3.8, 4) is 0 Å². The second-order valence-corrected chi connectivity index (χ2v) is 10.3. The molecule has 0 atom stereocenters. The first-order valence-electron chi connectivity index (χ1n) is 4.74. The van der Waals surface area contributed by atoms with Gasteiger partial charge in [-0.05, 0) is 12.8 Å². The predicted octanol–water partition coefficient (Wildman–Crippen LogP) is 4.15. The van der Waals surface area contributed by atoms with Crippen molar-refractivity contribution < 1.29 is 9.46 Å². The Kier molecular flexibility index (Phi) is 8.78. The molecule has 5 heteroatoms. The first kappa shape index (κ1) is 13.9. The molecule has 0 aliphatic carbocycles. The zero-order chi connectivity index (χ0) is 10.2. The molecule has 0 heterocycles. The van der Waals surface area contributed by atoms with Crippen molar-refractivity contribution in [1.82, 2.24) is 0 Å². The Morgan fingerprint density at radius 2 is 1.46 bits per heavy atom. The van der Waals surface area contributed by atoms with Crippen molar-refractivity contribution in [3.05, 3.63) is 0 Å². The van der Waals surface area contributed by atoms with Crippen molar-refractivity contribution in [1.29, 1.82) is 0 Å². The standard InChI is InChI=1S/C8H19O2PS2/c1-3-5-7-12-11(9,10)13-8-6-4-2/h3-8H2,1-2H3,(H,9,10). The normalized spacial score (nSPS) is 11.9. The zero-order valence-electron chi connectivity index (χ0n) is 8.36. The van der Waals surface area contributed by atoms with E-state index >= 15 is 0 Å². The highest BCUT2D eigenvalue weighted by Gasteiger charge is 2.18. The molecule has 0 radical (unpaired) electrons. The molecular weight excluding hydrogens is 223 g/mol. The highest BCUT2D eigenvalue weighted by Crippen LogP contribution is 2.65. The van der Waals surface area contributed by atoms with E-state index < -0.39 is 5.77 Å². The first-order chi connectivity index (χ1) is 6.12. The van der Waals surface area contributed by atoms with Gasteiger partial charge in [0, 0.05) is 11.5 Å². The maximum absolute atomic E-state index is 11.4. The summed E-state index contributed by atoms with van der Waals surface area (Å²) < 4.78 is 11.4. The van der Waals surface area contributed by atoms with Crippen LogP contribution in [0.1, 0.15) is 39.5 Å². The van der Waals surface area contributed by atoms with Gasteiger partial charge >= 0.3 is 5.77 Å². The Morgan fingerprint density at radius 1 is 1.08 bits per heavy atom. The third kappa shape index (κ3) is 9.20. The Labute approximate surface area is 89.2 Å². The van der Waals surface area contributed by atoms with Crippen LogP contribution in [0.5, 0.6) is 0 Å². The number of unbranched alkanes of at least 4 members (excludes halogenated alkanes) is 2. The van der Waals surface area contributed by atoms with E-state index in [1.165, 1.54) is 22.8 Å². The van der Waals surface area contributed by atoms with Gasteiger partial charge in [-0.2, -0.15) is 0 Å². The Bertz CT molecular complexity index is 150. The van der Waals surface area contributed by atoms with E-state index in [2.05, 4.69) is 13.8 Å². The minimum atomic E-state index is -2.92. The molecule has 0 aliphatic heterocycles. The highest BCUT2D eigenvalue weighted by molar-refractivity contribution is 8.88. The summed E-state index contributed by atoms with van der Waals surface area (Å²) >= 11 is 2.46. The summed E-state index contributed by atoms with van der Waals surface area (Å²) in [7, 11) is 0. The van der Waals surface area contributed by atoms with Crippen LogP contribution in [0.3, 0.4) is 0 Å². The summed E-state index contributed by atoms with van der Waals surface area (Å²) in [4.78, 5) is 9.45. The van der Waals surface area contributed by atoms with Crippen LogP contribution in [0.4, 0.5) is 0 Å². The molecule has 0 saturated carbocycles. The fraction of sp³-hybridized carbons (Fsp3) is 1.00. The number of rotatable bonds is 8. The average Bonchev–Trinajstić information content (AvgIpc) is 2.05. The molecule has 0 fully saturated rings. The predicted molar refractivity (Wildman–Crippen MR) is 64.6 cm³/mol. The van der Waals surface area contributed by atoms with Crippen LogP contribution >= 0.6 is 28.5 Å². The fourth-order valence-electron chi connectivity index (χ4n) is 0.686. The van der Waals surface area contributed by atoms with Gasteiger partial charge in [0.1, 0.15) is 0 Å². The molecule has 0 aromatic rings. The van der Waals surface area contributed by atoms with Crippen LogP contribution in [0.15, 0.2) is 0 Å². The SMILES string of the molecule is CCCCSP(=O)(O)SCCCC. The maximum Gasteiger partial charge on any atom is 0.310 e. The van der Waals surface area contributed by atoms with Crippen LogP contribution in [0.2, 0.25) is 0 Å². The van der Waals surface area contributed by atoms with Crippen molar-refractivity contribution in [2.24, 2.45) is 0 Å². The lowest BCUT2D eigenvalue weighted by atomic mass is 10.4. The Hall–Kier alpha value is 0.890. The molecule has 0 aliphatic rings. The third-order valence-corrected chi connectivity index (χ3v) is 8.05. The van der Waals surface area contributed by atoms with E-state index in [0.29, 0.717) is 0 Å². The molecule has 80 valence electrons. The van der Waals surface area contributed by atoms with Crippen LogP contribution in [0, 0.1) is 0 Å². The van der Waals surface area contributed by atoms with E-state index in [1.54, 1.807) is 0 Å². The second-order valence-electron chi connectivity index (χ2n) is 2.84. The molecule has 0 unspecified atom stereocenters. The summed E-state index contributed by atoms with van der Waals surface area (Å²) in [6.45, 7) is 4.18. The van der Waals surface area contributed by atoms with Crippen molar-refractivity contribution in [2.45, 2.75) is 39.5 Å². The lowest BCUT2D eigenvalue weighted by molar-refractivity contribution is 0.514. The topological polar surface area (TPSA) is 37.3 Å². The van der Waals surface area contributed by atoms with Crippen LogP contribution in [-0.4, -0.2) is 16.4 Å². The summed E-state index contributed by atoms with van der Waals surface area (Å²) in [5.74, 6) is -1.30. The van der Waals surface area contributed by atoms with Gasteiger partial charge in [0.2, 0.25) is 0 Å². The van der Waals surface area contributed by atoms with Crippen LogP contribution < -0.4 is 0 Å². The van der Waals surface area contributed by atoms with Crippen molar-refractivity contribution >= 4 is 28.5 Å². The van der Waals surface area contributed by atoms with Crippen molar-refractivity contribution in [2.75, 3.05) is 11.5 Å². The van der Waals surface area contributed by atoms with E-state index in [9.17, 15) is 9.46 Å². The van der Waals surface area contributed by atoms with Gasteiger partial charge in [0.05, 0.1) is 0 Å². The van der Waals surface area contributed by atoms with E-state index in [0.717, 1.165) is 37.2 Å². The van der Waals surface area contributed by atoms with Crippen LogP contribution in [-0.2, 0) is 4.57 Å². The van der Waals surface area contributed by atoms with E-state index in [4.69, 9.17) is 0 Å². The van der Waals surface area contributed by atoms with E-state index in [1.807, 2.05) is 0 Å². The van der Waals surface area contributed by atoms with Crippen LogP contribution in [0.25, 0.3) is 0 Å². The molecule has 0 rings (SSSR count). The van der Waals surface area contributed by atoms with Gasteiger partial charge in [0.15, 0.2) is 0 Å². The van der Waals surface area contributed by atoms with Gasteiger partial charge in [0.25, 0.3) is 0 Å². The third-order valence-electron chi connectivity index (χ3n) is 1.50. The van der Waals surface area contributed by atoms with Gasteiger partial charge < -0.3 is 4.89 Å².